The lowest BCUT2D eigenvalue weighted by atomic mass is 10.1. The van der Waals surface area contributed by atoms with E-state index in [9.17, 15) is 4.79 Å². The van der Waals surface area contributed by atoms with E-state index in [1.165, 1.54) is 7.11 Å². The molecule has 0 fully saturated rings. The molecule has 0 spiro atoms. The van der Waals surface area contributed by atoms with Crippen molar-refractivity contribution >= 4 is 29.5 Å². The second-order valence-corrected chi connectivity index (χ2v) is 5.53. The van der Waals surface area contributed by atoms with Gasteiger partial charge in [0, 0.05) is 5.56 Å². The highest BCUT2D eigenvalue weighted by Gasteiger charge is 2.13. The summed E-state index contributed by atoms with van der Waals surface area (Å²) in [4.78, 5) is 11.7. The largest absolute Gasteiger partial charge is 0.465 e. The van der Waals surface area contributed by atoms with Crippen molar-refractivity contribution in [3.05, 3.63) is 77.0 Å². The Morgan fingerprint density at radius 1 is 1.16 bits per heavy atom. The summed E-state index contributed by atoms with van der Waals surface area (Å²) in [6.07, 6.45) is 1.56. The van der Waals surface area contributed by atoms with Crippen LogP contribution in [0.4, 0.5) is 5.69 Å². The lowest BCUT2D eigenvalue weighted by Crippen LogP contribution is -2.01. The first kappa shape index (κ1) is 16.8. The molecule has 5 nitrogen and oxygen atoms in total. The predicted molar refractivity (Wildman–Crippen MR) is 98.2 cm³/mol. The molecule has 6 heteroatoms. The summed E-state index contributed by atoms with van der Waals surface area (Å²) in [7, 11) is 1.33. The van der Waals surface area contributed by atoms with Crippen LogP contribution >= 0.6 is 11.6 Å². The normalized spacial score (nSPS) is 10.8. The highest BCUT2D eigenvalue weighted by Crippen LogP contribution is 2.30. The molecule has 0 unspecified atom stereocenters. The monoisotopic (exact) mass is 354 g/mol. The fourth-order valence-corrected chi connectivity index (χ4v) is 2.42. The molecule has 0 aliphatic rings. The number of hydrogen-bond acceptors (Lipinski definition) is 5. The fraction of sp³-hybridized carbons (Fsp3) is 0.0526. The Morgan fingerprint density at radius 3 is 2.72 bits per heavy atom. The first-order valence-corrected chi connectivity index (χ1v) is 7.87. The van der Waals surface area contributed by atoms with E-state index in [2.05, 4.69) is 10.5 Å². The Morgan fingerprint density at radius 2 is 1.96 bits per heavy atom. The number of furan rings is 1. The number of carbonyl (C=O) groups is 1. The number of hydrazone groups is 1. The third-order valence-corrected chi connectivity index (χ3v) is 3.77. The molecular formula is C19H15ClN2O3. The standard InChI is InChI=1S/C19H15ClN2O3/c1-24-19(23)13-7-9-17(20)16(11-13)18-10-8-15(25-18)12-21-22-14-5-3-2-4-6-14/h2-12,22H,1H3/b21-12+. The molecule has 1 heterocycles. The van der Waals surface area contributed by atoms with Crippen molar-refractivity contribution in [1.82, 2.24) is 0 Å². The molecule has 126 valence electrons. The molecule has 1 aromatic heterocycles. The summed E-state index contributed by atoms with van der Waals surface area (Å²) in [5.41, 5.74) is 4.80. The van der Waals surface area contributed by atoms with Crippen LogP contribution in [0.15, 0.2) is 70.2 Å². The summed E-state index contributed by atoms with van der Waals surface area (Å²) >= 11 is 6.21. The summed E-state index contributed by atoms with van der Waals surface area (Å²) in [6, 6.07) is 18.0. The number of esters is 1. The van der Waals surface area contributed by atoms with Gasteiger partial charge in [0.25, 0.3) is 0 Å². The molecular weight excluding hydrogens is 340 g/mol. The Labute approximate surface area is 149 Å². The number of benzene rings is 2. The van der Waals surface area contributed by atoms with Gasteiger partial charge in [0.2, 0.25) is 0 Å². The van der Waals surface area contributed by atoms with Crippen molar-refractivity contribution in [3.8, 4) is 11.3 Å². The van der Waals surface area contributed by atoms with Gasteiger partial charge in [0.1, 0.15) is 11.5 Å². The molecule has 25 heavy (non-hydrogen) atoms. The maximum Gasteiger partial charge on any atom is 0.337 e. The van der Waals surface area contributed by atoms with Crippen molar-refractivity contribution in [2.45, 2.75) is 0 Å². The van der Waals surface area contributed by atoms with Crippen molar-refractivity contribution in [3.63, 3.8) is 0 Å². The Kier molecular flexibility index (Phi) is 5.16. The molecule has 2 aromatic carbocycles. The van der Waals surface area contributed by atoms with Crippen molar-refractivity contribution in [2.75, 3.05) is 12.5 Å². The quantitative estimate of drug-likeness (QED) is 0.405. The van der Waals surface area contributed by atoms with Gasteiger partial charge in [-0.1, -0.05) is 29.8 Å². The van der Waals surface area contributed by atoms with Crippen molar-refractivity contribution < 1.29 is 13.9 Å². The van der Waals surface area contributed by atoms with Crippen LogP contribution in [-0.2, 0) is 4.74 Å². The van der Waals surface area contributed by atoms with Gasteiger partial charge >= 0.3 is 5.97 Å². The first-order valence-electron chi connectivity index (χ1n) is 7.49. The summed E-state index contributed by atoms with van der Waals surface area (Å²) in [5.74, 6) is 0.660. The van der Waals surface area contributed by atoms with E-state index in [0.717, 1.165) is 5.69 Å². The third-order valence-electron chi connectivity index (χ3n) is 3.44. The molecule has 0 atom stereocenters. The van der Waals surface area contributed by atoms with Crippen LogP contribution in [0, 0.1) is 0 Å². The molecule has 3 aromatic rings. The zero-order valence-electron chi connectivity index (χ0n) is 13.4. The van der Waals surface area contributed by atoms with Gasteiger partial charge in [-0.2, -0.15) is 5.10 Å². The fourth-order valence-electron chi connectivity index (χ4n) is 2.21. The molecule has 0 saturated carbocycles. The first-order chi connectivity index (χ1) is 12.2. The predicted octanol–water partition coefficient (Wildman–Crippen LogP) is 4.83. The summed E-state index contributed by atoms with van der Waals surface area (Å²) in [5, 5.41) is 4.60. The number of nitrogens with zero attached hydrogens (tertiary/aromatic N) is 1. The van der Waals surface area contributed by atoms with E-state index in [-0.39, 0.29) is 0 Å². The Bertz CT molecular complexity index is 904. The van der Waals surface area contributed by atoms with Crippen LogP contribution in [-0.4, -0.2) is 19.3 Å². The van der Waals surface area contributed by atoms with E-state index in [0.29, 0.717) is 27.7 Å². The van der Waals surface area contributed by atoms with Crippen LogP contribution in [0.1, 0.15) is 16.1 Å². The smallest absolute Gasteiger partial charge is 0.337 e. The third kappa shape index (κ3) is 4.08. The van der Waals surface area contributed by atoms with Gasteiger partial charge in [-0.3, -0.25) is 5.43 Å². The van der Waals surface area contributed by atoms with Gasteiger partial charge in [-0.15, -0.1) is 0 Å². The minimum absolute atomic E-state index is 0.402. The number of ether oxygens (including phenoxy) is 1. The molecule has 0 aliphatic carbocycles. The molecule has 3 rings (SSSR count). The van der Waals surface area contributed by atoms with Gasteiger partial charge in [-0.05, 0) is 42.5 Å². The van der Waals surface area contributed by atoms with Crippen molar-refractivity contribution in [2.24, 2.45) is 5.10 Å². The minimum atomic E-state index is -0.432. The van der Waals surface area contributed by atoms with E-state index in [1.807, 2.05) is 30.3 Å². The second-order valence-electron chi connectivity index (χ2n) is 5.12. The van der Waals surface area contributed by atoms with Crippen LogP contribution in [0.5, 0.6) is 0 Å². The van der Waals surface area contributed by atoms with Gasteiger partial charge in [-0.25, -0.2) is 4.79 Å². The molecule has 1 N–H and O–H groups in total. The zero-order chi connectivity index (χ0) is 17.6. The SMILES string of the molecule is COC(=O)c1ccc(Cl)c(-c2ccc(/C=N/Nc3ccccc3)o2)c1. The molecule has 0 amide bonds. The molecule has 0 aliphatic heterocycles. The number of hydrogen-bond donors (Lipinski definition) is 1. The van der Waals surface area contributed by atoms with Crippen LogP contribution in [0.2, 0.25) is 5.02 Å². The number of para-hydroxylation sites is 1. The van der Waals surface area contributed by atoms with Crippen LogP contribution < -0.4 is 5.43 Å². The van der Waals surface area contributed by atoms with Crippen molar-refractivity contribution in [1.29, 1.82) is 0 Å². The molecule has 0 radical (unpaired) electrons. The Hall–Kier alpha value is -3.05. The van der Waals surface area contributed by atoms with Gasteiger partial charge in [0.05, 0.1) is 29.6 Å². The van der Waals surface area contributed by atoms with Gasteiger partial charge in [0.15, 0.2) is 0 Å². The number of nitrogens with one attached hydrogen (secondary N) is 1. The molecule has 0 bridgehead atoms. The zero-order valence-corrected chi connectivity index (χ0v) is 14.2. The van der Waals surface area contributed by atoms with E-state index < -0.39 is 5.97 Å². The van der Waals surface area contributed by atoms with Crippen LogP contribution in [0.3, 0.4) is 0 Å². The van der Waals surface area contributed by atoms with Crippen LogP contribution in [0.25, 0.3) is 11.3 Å². The lowest BCUT2D eigenvalue weighted by molar-refractivity contribution is 0.0601. The van der Waals surface area contributed by atoms with E-state index in [4.69, 9.17) is 20.8 Å². The Balaban J connectivity index is 1.78. The van der Waals surface area contributed by atoms with E-state index >= 15 is 0 Å². The highest BCUT2D eigenvalue weighted by atomic mass is 35.5. The second kappa shape index (κ2) is 7.68. The topological polar surface area (TPSA) is 63.8 Å². The number of halogens is 1. The lowest BCUT2D eigenvalue weighted by Gasteiger charge is -2.04. The maximum atomic E-state index is 11.7. The maximum absolute atomic E-state index is 11.7. The van der Waals surface area contributed by atoms with Gasteiger partial charge < -0.3 is 9.15 Å². The average Bonchev–Trinajstić information content (AvgIpc) is 3.11. The number of carbonyl (C=O) groups excluding carboxylic acids is 1. The van der Waals surface area contributed by atoms with E-state index in [1.54, 1.807) is 36.5 Å². The number of anilines is 1. The number of rotatable bonds is 5. The summed E-state index contributed by atoms with van der Waals surface area (Å²) < 4.78 is 10.5. The molecule has 0 saturated heterocycles. The minimum Gasteiger partial charge on any atom is -0.465 e. The average molecular weight is 355 g/mol. The number of methoxy groups -OCH3 is 1. The summed E-state index contributed by atoms with van der Waals surface area (Å²) in [6.45, 7) is 0. The highest BCUT2D eigenvalue weighted by molar-refractivity contribution is 6.33.